The fourth-order valence-electron chi connectivity index (χ4n) is 4.11. The maximum absolute atomic E-state index is 2.33. The van der Waals surface area contributed by atoms with Gasteiger partial charge < -0.3 is 0 Å². The van der Waals surface area contributed by atoms with Crippen molar-refractivity contribution in [2.45, 2.75) is 6.92 Å². The van der Waals surface area contributed by atoms with Gasteiger partial charge in [0.25, 0.3) is 0 Å². The number of rotatable bonds is 2. The fraction of sp³-hybridized carbons (Fsp3) is 0.0800. The van der Waals surface area contributed by atoms with Gasteiger partial charge in [-0.15, -0.1) is 0 Å². The minimum Gasteiger partial charge on any atom is -0.201 e. The molecule has 0 saturated carbocycles. The van der Waals surface area contributed by atoms with Crippen molar-refractivity contribution in [3.8, 4) is 11.3 Å². The molecule has 124 valence electrons. The Morgan fingerprint density at radius 1 is 0.769 bits per heavy atom. The summed E-state index contributed by atoms with van der Waals surface area (Å²) in [4.78, 5) is 0. The molecule has 0 unspecified atom stereocenters. The number of benzene rings is 3. The smallest absolute Gasteiger partial charge is 0.201 e. The predicted molar refractivity (Wildman–Crippen MR) is 109 cm³/mol. The van der Waals surface area contributed by atoms with Crippen molar-refractivity contribution in [1.82, 2.24) is 0 Å². The van der Waals surface area contributed by atoms with Crippen LogP contribution in [0.25, 0.3) is 33.7 Å². The zero-order chi connectivity index (χ0) is 17.7. The van der Waals surface area contributed by atoms with E-state index in [-0.39, 0.29) is 0 Å². The molecule has 26 heavy (non-hydrogen) atoms. The number of aromatic nitrogens is 1. The van der Waals surface area contributed by atoms with Gasteiger partial charge in [0.1, 0.15) is 7.05 Å². The van der Waals surface area contributed by atoms with Crippen LogP contribution < -0.4 is 4.57 Å². The van der Waals surface area contributed by atoms with E-state index < -0.39 is 0 Å². The Morgan fingerprint density at radius 2 is 1.62 bits per heavy atom. The lowest BCUT2D eigenvalue weighted by Crippen LogP contribution is -2.30. The normalized spacial score (nSPS) is 12.5. The van der Waals surface area contributed by atoms with E-state index in [2.05, 4.69) is 104 Å². The molecule has 0 saturated heterocycles. The van der Waals surface area contributed by atoms with Crippen LogP contribution in [0.1, 0.15) is 22.3 Å². The van der Waals surface area contributed by atoms with Gasteiger partial charge in [0.2, 0.25) is 5.69 Å². The van der Waals surface area contributed by atoms with Crippen molar-refractivity contribution in [2.24, 2.45) is 7.05 Å². The Kier molecular flexibility index (Phi) is 3.29. The maximum atomic E-state index is 2.33. The average Bonchev–Trinajstić information content (AvgIpc) is 3.04. The van der Waals surface area contributed by atoms with E-state index in [0.717, 1.165) is 0 Å². The third-order valence-corrected chi connectivity index (χ3v) is 5.40. The molecule has 3 aromatic carbocycles. The lowest BCUT2D eigenvalue weighted by molar-refractivity contribution is -0.660. The van der Waals surface area contributed by atoms with Crippen LogP contribution in [0.5, 0.6) is 0 Å². The molecule has 1 heteroatoms. The Hall–Kier alpha value is -3.19. The van der Waals surface area contributed by atoms with Gasteiger partial charge in [-0.25, -0.2) is 4.57 Å². The number of aryl methyl sites for hydroxylation is 2. The molecule has 4 aromatic rings. The van der Waals surface area contributed by atoms with Crippen molar-refractivity contribution in [2.75, 3.05) is 0 Å². The molecule has 0 N–H and O–H groups in total. The van der Waals surface area contributed by atoms with Gasteiger partial charge in [0, 0.05) is 17.7 Å². The first-order chi connectivity index (χ1) is 12.7. The molecule has 0 spiro atoms. The van der Waals surface area contributed by atoms with Crippen LogP contribution in [0, 0.1) is 6.92 Å². The summed E-state index contributed by atoms with van der Waals surface area (Å²) >= 11 is 0. The van der Waals surface area contributed by atoms with E-state index >= 15 is 0 Å². The highest BCUT2D eigenvalue weighted by molar-refractivity contribution is 6.12. The highest BCUT2D eigenvalue weighted by Gasteiger charge is 2.19. The summed E-state index contributed by atoms with van der Waals surface area (Å²) in [5.41, 5.74) is 9.10. The Balaban J connectivity index is 1.64. The molecular weight excluding hydrogens is 314 g/mol. The topological polar surface area (TPSA) is 3.88 Å². The molecule has 1 aliphatic rings. The third-order valence-electron chi connectivity index (χ3n) is 5.40. The molecule has 5 rings (SSSR count). The summed E-state index contributed by atoms with van der Waals surface area (Å²) in [6.07, 6.45) is 4.42. The largest absolute Gasteiger partial charge is 0.212 e. The summed E-state index contributed by atoms with van der Waals surface area (Å²) in [6.45, 7) is 2.20. The molecule has 0 aliphatic heterocycles. The van der Waals surface area contributed by atoms with E-state index in [9.17, 15) is 0 Å². The molecular formula is C25H20N+. The second-order valence-corrected chi connectivity index (χ2v) is 7.04. The van der Waals surface area contributed by atoms with Crippen molar-refractivity contribution < 1.29 is 4.57 Å². The SMILES string of the molecule is Cc1cc(C2=Cc3cccc4cccc2c34)ccc1-c1cccc[n+]1C. The van der Waals surface area contributed by atoms with Crippen LogP contribution in [0.2, 0.25) is 0 Å². The molecule has 0 radical (unpaired) electrons. The van der Waals surface area contributed by atoms with Gasteiger partial charge in [-0.3, -0.25) is 0 Å². The lowest BCUT2D eigenvalue weighted by Gasteiger charge is -2.10. The fourth-order valence-corrected chi connectivity index (χ4v) is 4.11. The van der Waals surface area contributed by atoms with E-state index in [1.165, 1.54) is 49.9 Å². The monoisotopic (exact) mass is 334 g/mol. The van der Waals surface area contributed by atoms with Crippen LogP contribution in [0.15, 0.2) is 79.0 Å². The zero-order valence-corrected chi connectivity index (χ0v) is 15.0. The highest BCUT2D eigenvalue weighted by atomic mass is 14.9. The summed E-state index contributed by atoms with van der Waals surface area (Å²) in [6, 6.07) is 26.3. The second-order valence-electron chi connectivity index (χ2n) is 7.04. The number of nitrogens with zero attached hydrogens (tertiary/aromatic N) is 1. The summed E-state index contributed by atoms with van der Waals surface area (Å²) in [5, 5.41) is 2.69. The average molecular weight is 334 g/mol. The van der Waals surface area contributed by atoms with Crippen LogP contribution in [-0.4, -0.2) is 0 Å². The zero-order valence-electron chi connectivity index (χ0n) is 15.0. The Morgan fingerprint density at radius 3 is 2.42 bits per heavy atom. The van der Waals surface area contributed by atoms with E-state index in [1.807, 2.05) is 0 Å². The van der Waals surface area contributed by atoms with Gasteiger partial charge >= 0.3 is 0 Å². The van der Waals surface area contributed by atoms with Gasteiger partial charge in [-0.1, -0.05) is 48.5 Å². The minimum atomic E-state index is 1.24. The predicted octanol–water partition coefficient (Wildman–Crippen LogP) is 5.54. The van der Waals surface area contributed by atoms with Gasteiger partial charge in [-0.2, -0.15) is 0 Å². The molecule has 1 heterocycles. The van der Waals surface area contributed by atoms with E-state index in [1.54, 1.807) is 0 Å². The third kappa shape index (κ3) is 2.21. The van der Waals surface area contributed by atoms with Gasteiger partial charge in [-0.05, 0) is 63.7 Å². The quantitative estimate of drug-likeness (QED) is 0.373. The molecule has 1 aliphatic carbocycles. The van der Waals surface area contributed by atoms with Crippen LogP contribution >= 0.6 is 0 Å². The summed E-state index contributed by atoms with van der Waals surface area (Å²) < 4.78 is 2.17. The summed E-state index contributed by atoms with van der Waals surface area (Å²) in [5.74, 6) is 0. The lowest BCUT2D eigenvalue weighted by atomic mass is 9.94. The molecule has 1 nitrogen and oxygen atoms in total. The Labute approximate surface area is 153 Å². The first-order valence-corrected chi connectivity index (χ1v) is 9.02. The van der Waals surface area contributed by atoms with Crippen molar-refractivity contribution >= 4 is 22.4 Å². The first kappa shape index (κ1) is 15.1. The highest BCUT2D eigenvalue weighted by Crippen LogP contribution is 2.40. The van der Waals surface area contributed by atoms with Crippen molar-refractivity contribution in [1.29, 1.82) is 0 Å². The summed E-state index contributed by atoms with van der Waals surface area (Å²) in [7, 11) is 2.10. The minimum absolute atomic E-state index is 1.24. The maximum Gasteiger partial charge on any atom is 0.212 e. The Bertz CT molecular complexity index is 1190. The molecule has 0 fully saturated rings. The number of hydrogen-bond donors (Lipinski definition) is 0. The van der Waals surface area contributed by atoms with Crippen molar-refractivity contribution in [3.05, 3.63) is 101 Å². The van der Waals surface area contributed by atoms with Gasteiger partial charge in [0.15, 0.2) is 6.20 Å². The first-order valence-electron chi connectivity index (χ1n) is 9.02. The molecule has 0 amide bonds. The van der Waals surface area contributed by atoms with Crippen LogP contribution in [-0.2, 0) is 7.05 Å². The molecule has 0 atom stereocenters. The second kappa shape index (κ2) is 5.67. The molecule has 1 aromatic heterocycles. The van der Waals surface area contributed by atoms with E-state index in [4.69, 9.17) is 0 Å². The van der Waals surface area contributed by atoms with Gasteiger partial charge in [0.05, 0.1) is 0 Å². The molecule has 0 bridgehead atoms. The van der Waals surface area contributed by atoms with E-state index in [0.29, 0.717) is 0 Å². The van der Waals surface area contributed by atoms with Crippen LogP contribution in [0.4, 0.5) is 0 Å². The van der Waals surface area contributed by atoms with Crippen LogP contribution in [0.3, 0.4) is 0 Å². The van der Waals surface area contributed by atoms with Crippen molar-refractivity contribution in [3.63, 3.8) is 0 Å². The number of hydrogen-bond acceptors (Lipinski definition) is 0. The standard InChI is InChI=1S/C25H20N/c1-17-15-19(12-13-21(17)24-11-3-4-14-26(24)2)23-16-20-9-5-7-18-8-6-10-22(23)25(18)20/h3-16H,1-2H3/q+1. The number of pyridine rings is 1.